The van der Waals surface area contributed by atoms with Crippen molar-refractivity contribution in [1.82, 2.24) is 14.8 Å². The minimum atomic E-state index is 0.543. The van der Waals surface area contributed by atoms with Crippen molar-refractivity contribution in [3.63, 3.8) is 0 Å². The van der Waals surface area contributed by atoms with E-state index in [1.165, 1.54) is 0 Å². The second kappa shape index (κ2) is 5.22. The van der Waals surface area contributed by atoms with Gasteiger partial charge in [0.25, 0.3) is 0 Å². The van der Waals surface area contributed by atoms with Gasteiger partial charge in [-0.1, -0.05) is 0 Å². The summed E-state index contributed by atoms with van der Waals surface area (Å²) in [5, 5.41) is 4.21. The van der Waals surface area contributed by atoms with Crippen molar-refractivity contribution in [1.29, 1.82) is 0 Å². The number of hydrogen-bond donors (Lipinski definition) is 0. The molecule has 0 aromatic carbocycles. The zero-order chi connectivity index (χ0) is 13.1. The first kappa shape index (κ1) is 12.6. The van der Waals surface area contributed by atoms with E-state index in [0.29, 0.717) is 12.4 Å². The molecule has 2 aromatic rings. The van der Waals surface area contributed by atoms with E-state index in [-0.39, 0.29) is 0 Å². The zero-order valence-corrected chi connectivity index (χ0v) is 11.4. The van der Waals surface area contributed by atoms with Crippen LogP contribution in [0.1, 0.15) is 16.8 Å². The normalized spacial score (nSPS) is 10.4. The molecule has 2 rings (SSSR count). The average Bonchev–Trinajstić information content (AvgIpc) is 2.81. The molecule has 0 spiro atoms. The Morgan fingerprint density at radius 2 is 2.22 bits per heavy atom. The summed E-state index contributed by atoms with van der Waals surface area (Å²) in [5.41, 5.74) is 2.99. The third kappa shape index (κ3) is 2.38. The van der Waals surface area contributed by atoms with E-state index in [9.17, 15) is 0 Å². The number of aryl methyl sites for hydroxylation is 1. The van der Waals surface area contributed by atoms with Gasteiger partial charge < -0.3 is 4.74 Å². The molecule has 0 amide bonds. The van der Waals surface area contributed by atoms with Crippen molar-refractivity contribution < 1.29 is 4.74 Å². The molecule has 0 radical (unpaired) electrons. The standard InChI is InChI=1S/C12H14N4OS/c1-8-6-13-10(9(2)12(8)17-3)7-16-5-4-11(14-16)15-18/h4-6H,7H2,1-3H3. The molecular formula is C12H14N4OS. The van der Waals surface area contributed by atoms with Crippen LogP contribution in [0.25, 0.3) is 0 Å². The number of aromatic nitrogens is 3. The lowest BCUT2D eigenvalue weighted by molar-refractivity contribution is 0.406. The largest absolute Gasteiger partial charge is 0.496 e. The maximum Gasteiger partial charge on any atom is 0.187 e. The average molecular weight is 262 g/mol. The summed E-state index contributed by atoms with van der Waals surface area (Å²) >= 11 is 4.59. The van der Waals surface area contributed by atoms with Crippen molar-refractivity contribution in [3.05, 3.63) is 35.3 Å². The molecule has 2 aromatic heterocycles. The topological polar surface area (TPSA) is 52.3 Å². The lowest BCUT2D eigenvalue weighted by Crippen LogP contribution is -2.06. The van der Waals surface area contributed by atoms with E-state index >= 15 is 0 Å². The van der Waals surface area contributed by atoms with Gasteiger partial charge in [-0.05, 0) is 13.8 Å². The van der Waals surface area contributed by atoms with Crippen LogP contribution < -0.4 is 4.74 Å². The summed E-state index contributed by atoms with van der Waals surface area (Å²) in [7, 11) is 1.67. The highest BCUT2D eigenvalue weighted by atomic mass is 32.1. The molecule has 0 fully saturated rings. The first-order chi connectivity index (χ1) is 8.65. The van der Waals surface area contributed by atoms with Gasteiger partial charge in [-0.25, -0.2) is 0 Å². The lowest BCUT2D eigenvalue weighted by Gasteiger charge is -2.12. The van der Waals surface area contributed by atoms with Crippen molar-refractivity contribution in [3.8, 4) is 5.75 Å². The Morgan fingerprint density at radius 1 is 1.44 bits per heavy atom. The van der Waals surface area contributed by atoms with Gasteiger partial charge in [0.15, 0.2) is 5.82 Å². The van der Waals surface area contributed by atoms with E-state index in [1.807, 2.05) is 26.2 Å². The van der Waals surface area contributed by atoms with Crippen molar-refractivity contribution >= 4 is 18.2 Å². The van der Waals surface area contributed by atoms with Crippen molar-refractivity contribution in [2.24, 2.45) is 4.36 Å². The van der Waals surface area contributed by atoms with Gasteiger partial charge in [0.1, 0.15) is 5.75 Å². The Kier molecular flexibility index (Phi) is 3.66. The van der Waals surface area contributed by atoms with E-state index in [4.69, 9.17) is 4.74 Å². The fourth-order valence-corrected chi connectivity index (χ4v) is 1.97. The number of hydrogen-bond acceptors (Lipinski definition) is 5. The second-order valence-electron chi connectivity index (χ2n) is 4.01. The molecule has 2 heterocycles. The highest BCUT2D eigenvalue weighted by Gasteiger charge is 2.10. The molecule has 0 unspecified atom stereocenters. The van der Waals surface area contributed by atoms with Crippen LogP contribution in [0.3, 0.4) is 0 Å². The minimum Gasteiger partial charge on any atom is -0.496 e. The van der Waals surface area contributed by atoms with E-state index in [0.717, 1.165) is 22.6 Å². The molecule has 0 saturated heterocycles. The van der Waals surface area contributed by atoms with Gasteiger partial charge in [-0.15, -0.1) is 0 Å². The summed E-state index contributed by atoms with van der Waals surface area (Å²) in [4.78, 5) is 4.42. The van der Waals surface area contributed by atoms with Crippen LogP contribution in [-0.4, -0.2) is 21.9 Å². The lowest BCUT2D eigenvalue weighted by atomic mass is 10.1. The molecule has 0 aliphatic rings. The molecule has 6 heteroatoms. The summed E-state index contributed by atoms with van der Waals surface area (Å²) in [6, 6.07) is 1.77. The van der Waals surface area contributed by atoms with Gasteiger partial charge >= 0.3 is 0 Å². The molecule has 18 heavy (non-hydrogen) atoms. The molecule has 0 aliphatic heterocycles. The molecule has 0 bridgehead atoms. The Hall–Kier alpha value is -1.82. The van der Waals surface area contributed by atoms with Crippen LogP contribution in [0.15, 0.2) is 22.8 Å². The summed E-state index contributed by atoms with van der Waals surface area (Å²) < 4.78 is 10.7. The van der Waals surface area contributed by atoms with Crippen LogP contribution in [-0.2, 0) is 19.0 Å². The highest BCUT2D eigenvalue weighted by molar-refractivity contribution is 7.47. The molecular weight excluding hydrogens is 248 g/mol. The van der Waals surface area contributed by atoms with Crippen LogP contribution in [0.4, 0.5) is 5.82 Å². The van der Waals surface area contributed by atoms with Crippen LogP contribution in [0.5, 0.6) is 5.75 Å². The maximum atomic E-state index is 5.38. The molecule has 0 saturated carbocycles. The Bertz CT molecular complexity index is 579. The first-order valence-electron chi connectivity index (χ1n) is 5.51. The monoisotopic (exact) mass is 262 g/mol. The van der Waals surface area contributed by atoms with E-state index in [1.54, 1.807) is 17.9 Å². The Morgan fingerprint density at radius 3 is 2.83 bits per heavy atom. The van der Waals surface area contributed by atoms with E-state index < -0.39 is 0 Å². The third-order valence-corrected chi connectivity index (χ3v) is 2.97. The van der Waals surface area contributed by atoms with Gasteiger partial charge in [-0.2, -0.15) is 9.46 Å². The number of methoxy groups -OCH3 is 1. The predicted molar refractivity (Wildman–Crippen MR) is 71.0 cm³/mol. The fourth-order valence-electron chi connectivity index (χ4n) is 1.87. The predicted octanol–water partition coefficient (Wildman–Crippen LogP) is 2.31. The molecule has 0 atom stereocenters. The first-order valence-corrected chi connectivity index (χ1v) is 5.88. The van der Waals surface area contributed by atoms with Gasteiger partial charge in [0.05, 0.1) is 19.3 Å². The van der Waals surface area contributed by atoms with E-state index in [2.05, 4.69) is 26.9 Å². The highest BCUT2D eigenvalue weighted by Crippen LogP contribution is 2.24. The smallest absolute Gasteiger partial charge is 0.187 e. The zero-order valence-electron chi connectivity index (χ0n) is 10.5. The van der Waals surface area contributed by atoms with Crippen LogP contribution in [0.2, 0.25) is 0 Å². The molecule has 0 aliphatic carbocycles. The summed E-state index contributed by atoms with van der Waals surface area (Å²) in [5.74, 6) is 1.42. The maximum absolute atomic E-state index is 5.38. The molecule has 5 nitrogen and oxygen atoms in total. The van der Waals surface area contributed by atoms with Crippen LogP contribution >= 0.6 is 0 Å². The Balaban J connectivity index is 2.31. The SMILES string of the molecule is COc1c(C)cnc(Cn2ccc(N=S)n2)c1C. The van der Waals surface area contributed by atoms with Gasteiger partial charge in [0, 0.05) is 42.0 Å². The quantitative estimate of drug-likeness (QED) is 0.848. The number of rotatable bonds is 4. The van der Waals surface area contributed by atoms with Crippen molar-refractivity contribution in [2.75, 3.05) is 7.11 Å². The molecule has 94 valence electrons. The number of nitrogens with zero attached hydrogens (tertiary/aromatic N) is 4. The summed E-state index contributed by atoms with van der Waals surface area (Å²) in [6.07, 6.45) is 3.64. The van der Waals surface area contributed by atoms with Crippen LogP contribution in [0, 0.1) is 13.8 Å². The number of ether oxygens (including phenoxy) is 1. The summed E-state index contributed by atoms with van der Waals surface area (Å²) in [6.45, 7) is 4.55. The number of pyridine rings is 1. The Labute approximate surface area is 111 Å². The fraction of sp³-hybridized carbons (Fsp3) is 0.333. The molecule has 0 N–H and O–H groups in total. The van der Waals surface area contributed by atoms with Gasteiger partial charge in [0.2, 0.25) is 0 Å². The third-order valence-electron chi connectivity index (χ3n) is 2.78. The second-order valence-corrected chi connectivity index (χ2v) is 4.19. The van der Waals surface area contributed by atoms with Gasteiger partial charge in [-0.3, -0.25) is 9.67 Å². The van der Waals surface area contributed by atoms with Crippen molar-refractivity contribution in [2.45, 2.75) is 20.4 Å². The minimum absolute atomic E-state index is 0.543.